The van der Waals surface area contributed by atoms with Crippen molar-refractivity contribution < 1.29 is 14.1 Å². The van der Waals surface area contributed by atoms with Crippen molar-refractivity contribution in [2.24, 2.45) is 5.92 Å². The molecule has 0 N–H and O–H groups in total. The summed E-state index contributed by atoms with van der Waals surface area (Å²) in [7, 11) is 1.66. The van der Waals surface area contributed by atoms with E-state index in [4.69, 9.17) is 9.26 Å². The first-order valence-corrected chi connectivity index (χ1v) is 10.8. The van der Waals surface area contributed by atoms with Crippen LogP contribution in [-0.4, -0.2) is 46.1 Å². The summed E-state index contributed by atoms with van der Waals surface area (Å²) < 4.78 is 10.6. The third kappa shape index (κ3) is 5.69. The number of likely N-dealkylation sites (tertiary alicyclic amines) is 1. The van der Waals surface area contributed by atoms with Crippen LogP contribution < -0.4 is 4.74 Å². The molecule has 0 spiro atoms. The van der Waals surface area contributed by atoms with Gasteiger partial charge >= 0.3 is 0 Å². The molecule has 7 nitrogen and oxygen atoms in total. The van der Waals surface area contributed by atoms with Crippen LogP contribution in [0.3, 0.4) is 0 Å². The number of carbonyl (C=O) groups is 1. The molecule has 1 aromatic carbocycles. The van der Waals surface area contributed by atoms with Crippen molar-refractivity contribution in [2.75, 3.05) is 20.2 Å². The second-order valence-corrected chi connectivity index (χ2v) is 7.99. The number of benzene rings is 1. The Morgan fingerprint density at radius 1 is 1.16 bits per heavy atom. The minimum Gasteiger partial charge on any atom is -0.497 e. The Labute approximate surface area is 182 Å². The largest absolute Gasteiger partial charge is 0.497 e. The molecule has 3 heterocycles. The molecule has 1 amide bonds. The second kappa shape index (κ2) is 10.2. The third-order valence-electron chi connectivity index (χ3n) is 5.83. The normalized spacial score (nSPS) is 16.3. The molecular formula is C24H28N4O3. The highest BCUT2D eigenvalue weighted by Gasteiger charge is 2.24. The van der Waals surface area contributed by atoms with Gasteiger partial charge in [0.05, 0.1) is 7.11 Å². The highest BCUT2D eigenvalue weighted by molar-refractivity contribution is 5.76. The van der Waals surface area contributed by atoms with Crippen molar-refractivity contribution in [3.63, 3.8) is 0 Å². The Morgan fingerprint density at radius 2 is 1.97 bits per heavy atom. The molecule has 7 heteroatoms. The summed E-state index contributed by atoms with van der Waals surface area (Å²) in [6.45, 7) is 1.67. The van der Waals surface area contributed by atoms with Crippen molar-refractivity contribution in [3.05, 3.63) is 60.2 Å². The van der Waals surface area contributed by atoms with Crippen LogP contribution in [0.15, 0.2) is 53.3 Å². The van der Waals surface area contributed by atoms with Gasteiger partial charge in [-0.3, -0.25) is 9.78 Å². The summed E-state index contributed by atoms with van der Waals surface area (Å²) in [4.78, 5) is 23.3. The number of amides is 1. The lowest BCUT2D eigenvalue weighted by Crippen LogP contribution is -2.40. The Morgan fingerprint density at radius 3 is 2.74 bits per heavy atom. The Balaban J connectivity index is 1.24. The van der Waals surface area contributed by atoms with Crippen LogP contribution in [0.4, 0.5) is 0 Å². The summed E-state index contributed by atoms with van der Waals surface area (Å²) in [5.74, 6) is 2.79. The van der Waals surface area contributed by atoms with Gasteiger partial charge in [-0.25, -0.2) is 0 Å². The van der Waals surface area contributed by atoms with Gasteiger partial charge in [-0.2, -0.15) is 4.98 Å². The van der Waals surface area contributed by atoms with Crippen LogP contribution in [-0.2, 0) is 17.6 Å². The Hall–Kier alpha value is -3.22. The monoisotopic (exact) mass is 420 g/mol. The first-order valence-electron chi connectivity index (χ1n) is 10.8. The number of piperidine rings is 1. The van der Waals surface area contributed by atoms with E-state index in [1.54, 1.807) is 19.5 Å². The van der Waals surface area contributed by atoms with Crippen molar-refractivity contribution in [1.29, 1.82) is 0 Å². The molecule has 1 aliphatic heterocycles. The third-order valence-corrected chi connectivity index (χ3v) is 5.83. The number of hydrogen-bond donors (Lipinski definition) is 0. The molecule has 4 rings (SSSR count). The number of nitrogens with zero attached hydrogens (tertiary/aromatic N) is 4. The van der Waals surface area contributed by atoms with Gasteiger partial charge in [0.25, 0.3) is 5.89 Å². The number of rotatable bonds is 8. The van der Waals surface area contributed by atoms with Crippen LogP contribution in [0.2, 0.25) is 0 Å². The summed E-state index contributed by atoms with van der Waals surface area (Å²) in [6.07, 6.45) is 8.61. The maximum absolute atomic E-state index is 12.7. The van der Waals surface area contributed by atoms with E-state index in [9.17, 15) is 4.79 Å². The minimum atomic E-state index is 0.236. The zero-order valence-corrected chi connectivity index (χ0v) is 17.9. The van der Waals surface area contributed by atoms with Crippen LogP contribution in [0.1, 0.15) is 37.1 Å². The predicted octanol–water partition coefficient (Wildman–Crippen LogP) is 3.94. The average Bonchev–Trinajstić information content (AvgIpc) is 3.31. The predicted molar refractivity (Wildman–Crippen MR) is 116 cm³/mol. The van der Waals surface area contributed by atoms with E-state index < -0.39 is 0 Å². The molecule has 1 aliphatic rings. The zero-order chi connectivity index (χ0) is 21.5. The number of aryl methyl sites for hydroxylation is 2. The molecule has 1 atom stereocenters. The van der Waals surface area contributed by atoms with E-state index in [0.29, 0.717) is 18.2 Å². The minimum absolute atomic E-state index is 0.236. The molecule has 162 valence electrons. The van der Waals surface area contributed by atoms with Gasteiger partial charge in [0.15, 0.2) is 5.82 Å². The van der Waals surface area contributed by atoms with Gasteiger partial charge in [-0.05, 0) is 61.4 Å². The Kier molecular flexibility index (Phi) is 6.92. The second-order valence-electron chi connectivity index (χ2n) is 7.99. The molecule has 31 heavy (non-hydrogen) atoms. The smallest absolute Gasteiger partial charge is 0.258 e. The van der Waals surface area contributed by atoms with E-state index in [-0.39, 0.29) is 5.91 Å². The van der Waals surface area contributed by atoms with Crippen LogP contribution in [0.5, 0.6) is 5.75 Å². The SMILES string of the molecule is COc1ccc(CCC(=O)N2CCCC(CCc3noc(-c4ccncc4)n3)C2)cc1. The summed E-state index contributed by atoms with van der Waals surface area (Å²) in [5, 5.41) is 4.11. The van der Waals surface area contributed by atoms with Gasteiger partial charge < -0.3 is 14.2 Å². The zero-order valence-electron chi connectivity index (χ0n) is 17.9. The molecule has 1 saturated heterocycles. The number of aromatic nitrogens is 3. The van der Waals surface area contributed by atoms with Crippen LogP contribution in [0, 0.1) is 5.92 Å². The van der Waals surface area contributed by atoms with Gasteiger partial charge in [0.2, 0.25) is 5.91 Å². The van der Waals surface area contributed by atoms with Gasteiger partial charge in [0.1, 0.15) is 5.75 Å². The average molecular weight is 421 g/mol. The molecule has 1 unspecified atom stereocenters. The molecule has 0 radical (unpaired) electrons. The molecule has 0 saturated carbocycles. The van der Waals surface area contributed by atoms with Crippen molar-refractivity contribution in [1.82, 2.24) is 20.0 Å². The molecule has 0 bridgehead atoms. The fourth-order valence-electron chi connectivity index (χ4n) is 4.03. The summed E-state index contributed by atoms with van der Waals surface area (Å²) in [5.41, 5.74) is 2.03. The number of methoxy groups -OCH3 is 1. The van der Waals surface area contributed by atoms with Crippen molar-refractivity contribution >= 4 is 5.91 Å². The first-order chi connectivity index (χ1) is 15.2. The summed E-state index contributed by atoms with van der Waals surface area (Å²) >= 11 is 0. The van der Waals surface area contributed by atoms with Crippen molar-refractivity contribution in [3.8, 4) is 17.2 Å². The quantitative estimate of drug-likeness (QED) is 0.549. The fourth-order valence-corrected chi connectivity index (χ4v) is 4.03. The highest BCUT2D eigenvalue weighted by atomic mass is 16.5. The topological polar surface area (TPSA) is 81.4 Å². The highest BCUT2D eigenvalue weighted by Crippen LogP contribution is 2.23. The van der Waals surface area contributed by atoms with Gasteiger partial charge in [-0.1, -0.05) is 17.3 Å². The van der Waals surface area contributed by atoms with Crippen LogP contribution >= 0.6 is 0 Å². The number of pyridine rings is 1. The number of carbonyl (C=O) groups excluding carboxylic acids is 1. The molecular weight excluding hydrogens is 392 g/mol. The van der Waals surface area contributed by atoms with E-state index >= 15 is 0 Å². The number of hydrogen-bond acceptors (Lipinski definition) is 6. The number of ether oxygens (including phenoxy) is 1. The molecule has 3 aromatic rings. The molecule has 2 aromatic heterocycles. The van der Waals surface area contributed by atoms with Gasteiger partial charge in [-0.15, -0.1) is 0 Å². The van der Waals surface area contributed by atoms with Gasteiger partial charge in [0, 0.05) is 43.9 Å². The van der Waals surface area contributed by atoms with Crippen molar-refractivity contribution in [2.45, 2.75) is 38.5 Å². The lowest BCUT2D eigenvalue weighted by molar-refractivity contribution is -0.133. The maximum atomic E-state index is 12.7. The lowest BCUT2D eigenvalue weighted by atomic mass is 9.93. The Bertz CT molecular complexity index is 972. The van der Waals surface area contributed by atoms with E-state index in [2.05, 4.69) is 15.1 Å². The van der Waals surface area contributed by atoms with E-state index in [1.165, 1.54) is 0 Å². The maximum Gasteiger partial charge on any atom is 0.258 e. The summed E-state index contributed by atoms with van der Waals surface area (Å²) in [6, 6.07) is 11.6. The fraction of sp³-hybridized carbons (Fsp3) is 0.417. The molecule has 1 fully saturated rings. The molecule has 0 aliphatic carbocycles. The first kappa shape index (κ1) is 21.0. The van der Waals surface area contributed by atoms with E-state index in [1.807, 2.05) is 41.3 Å². The van der Waals surface area contributed by atoms with E-state index in [0.717, 1.165) is 67.9 Å². The standard InChI is InChI=1S/C24H28N4O3/c1-30-21-8-4-18(5-9-21)7-11-23(29)28-16-2-3-19(17-28)6-10-22-26-24(31-27-22)20-12-14-25-15-13-20/h4-5,8-9,12-15,19H,2-3,6-7,10-11,16-17H2,1H3. The van der Waals surface area contributed by atoms with Crippen LogP contribution in [0.25, 0.3) is 11.5 Å². The lowest BCUT2D eigenvalue weighted by Gasteiger charge is -2.32.